The Balaban J connectivity index is 1.26. The van der Waals surface area contributed by atoms with Crippen LogP contribution in [0, 0.1) is 5.82 Å². The van der Waals surface area contributed by atoms with Crippen LogP contribution in [0.2, 0.25) is 0 Å². The second kappa shape index (κ2) is 9.24. The lowest BCUT2D eigenvalue weighted by Crippen LogP contribution is -2.54. The van der Waals surface area contributed by atoms with Crippen LogP contribution in [0.3, 0.4) is 0 Å². The number of halogens is 1. The molecule has 2 amide bonds. The van der Waals surface area contributed by atoms with E-state index in [1.54, 1.807) is 6.07 Å². The minimum Gasteiger partial charge on any atom is -0.373 e. The van der Waals surface area contributed by atoms with Gasteiger partial charge in [0.2, 0.25) is 0 Å². The van der Waals surface area contributed by atoms with Gasteiger partial charge in [-0.3, -0.25) is 4.90 Å². The van der Waals surface area contributed by atoms with Crippen LogP contribution in [-0.2, 0) is 4.74 Å². The molecule has 7 heteroatoms. The average Bonchev–Trinajstić information content (AvgIpc) is 2.76. The van der Waals surface area contributed by atoms with Gasteiger partial charge in [0.25, 0.3) is 0 Å². The molecule has 0 radical (unpaired) electrons. The lowest BCUT2D eigenvalue weighted by molar-refractivity contribution is -0.0295. The number of carbonyl (C=O) groups excluding carboxylic acids is 1. The summed E-state index contributed by atoms with van der Waals surface area (Å²) in [7, 11) is 0. The summed E-state index contributed by atoms with van der Waals surface area (Å²) in [5.41, 5.74) is 1.47. The van der Waals surface area contributed by atoms with E-state index >= 15 is 0 Å². The Hall–Kier alpha value is -2.64. The molecule has 0 unspecified atom stereocenters. The van der Waals surface area contributed by atoms with E-state index < -0.39 is 0 Å². The van der Waals surface area contributed by atoms with Gasteiger partial charge in [-0.05, 0) is 24.3 Å². The van der Waals surface area contributed by atoms with Gasteiger partial charge in [0.15, 0.2) is 0 Å². The smallest absolute Gasteiger partial charge is 0.322 e. The zero-order valence-corrected chi connectivity index (χ0v) is 16.5. The maximum absolute atomic E-state index is 14.0. The standard InChI is InChI=1S/C22H27FN4O2/c23-20-8-4-5-9-21(20)26-12-10-25(11-13-26)16-19-17-27(14-15-29-19)22(28)24-18-6-2-1-3-7-18/h1-9,19H,10-17H2,(H,24,28)/t19-/m0/s1. The summed E-state index contributed by atoms with van der Waals surface area (Å²) in [6, 6.07) is 16.3. The summed E-state index contributed by atoms with van der Waals surface area (Å²) in [4.78, 5) is 18.8. The SMILES string of the molecule is O=C(Nc1ccccc1)N1CCO[C@@H](CN2CCN(c3ccccc3F)CC2)C1. The minimum absolute atomic E-state index is 0.00900. The number of hydrogen-bond acceptors (Lipinski definition) is 4. The van der Waals surface area contributed by atoms with E-state index in [9.17, 15) is 9.18 Å². The van der Waals surface area contributed by atoms with Crippen LogP contribution in [0.5, 0.6) is 0 Å². The monoisotopic (exact) mass is 398 g/mol. The third-order valence-corrected chi connectivity index (χ3v) is 5.48. The highest BCUT2D eigenvalue weighted by Crippen LogP contribution is 2.20. The molecule has 0 spiro atoms. The van der Waals surface area contributed by atoms with Crippen molar-refractivity contribution >= 4 is 17.4 Å². The molecule has 2 fully saturated rings. The van der Waals surface area contributed by atoms with Crippen molar-refractivity contribution in [3.63, 3.8) is 0 Å². The fourth-order valence-electron chi connectivity index (χ4n) is 3.91. The van der Waals surface area contributed by atoms with E-state index in [2.05, 4.69) is 15.1 Å². The van der Waals surface area contributed by atoms with Crippen molar-refractivity contribution in [1.29, 1.82) is 0 Å². The first kappa shape index (κ1) is 19.7. The largest absolute Gasteiger partial charge is 0.373 e. The molecule has 154 valence electrons. The number of urea groups is 1. The molecule has 2 aromatic carbocycles. The van der Waals surface area contributed by atoms with Crippen LogP contribution < -0.4 is 10.2 Å². The lowest BCUT2D eigenvalue weighted by Gasteiger charge is -2.40. The highest BCUT2D eigenvalue weighted by Gasteiger charge is 2.27. The van der Waals surface area contributed by atoms with Gasteiger partial charge in [0.05, 0.1) is 18.4 Å². The van der Waals surface area contributed by atoms with Crippen LogP contribution >= 0.6 is 0 Å². The summed E-state index contributed by atoms with van der Waals surface area (Å²) < 4.78 is 19.9. The highest BCUT2D eigenvalue weighted by atomic mass is 19.1. The maximum atomic E-state index is 14.0. The molecule has 2 aromatic rings. The Labute approximate surface area is 170 Å². The Morgan fingerprint density at radius 1 is 1.00 bits per heavy atom. The fourth-order valence-corrected chi connectivity index (χ4v) is 3.91. The minimum atomic E-state index is -0.170. The molecular weight excluding hydrogens is 371 g/mol. The third-order valence-electron chi connectivity index (χ3n) is 5.48. The molecule has 2 aliphatic heterocycles. The van der Waals surface area contributed by atoms with Crippen LogP contribution in [0.4, 0.5) is 20.6 Å². The van der Waals surface area contributed by atoms with Crippen molar-refractivity contribution < 1.29 is 13.9 Å². The van der Waals surface area contributed by atoms with E-state index in [0.29, 0.717) is 25.4 Å². The number of rotatable bonds is 4. The first-order chi connectivity index (χ1) is 14.2. The predicted octanol–water partition coefficient (Wildman–Crippen LogP) is 2.88. The molecule has 4 rings (SSSR count). The summed E-state index contributed by atoms with van der Waals surface area (Å²) in [6.07, 6.45) is -0.00900. The number of amides is 2. The van der Waals surface area contributed by atoms with Crippen LogP contribution in [0.15, 0.2) is 54.6 Å². The predicted molar refractivity (Wildman–Crippen MR) is 112 cm³/mol. The molecule has 0 saturated carbocycles. The molecule has 1 atom stereocenters. The van der Waals surface area contributed by atoms with E-state index in [-0.39, 0.29) is 18.0 Å². The normalized spacial score (nSPS) is 20.5. The summed E-state index contributed by atoms with van der Waals surface area (Å²) in [5.74, 6) is -0.170. The lowest BCUT2D eigenvalue weighted by atomic mass is 10.2. The van der Waals surface area contributed by atoms with Gasteiger partial charge in [0.1, 0.15) is 5.82 Å². The Morgan fingerprint density at radius 3 is 2.48 bits per heavy atom. The van der Waals surface area contributed by atoms with Crippen molar-refractivity contribution in [2.75, 3.05) is 62.6 Å². The molecule has 6 nitrogen and oxygen atoms in total. The number of hydrogen-bond donors (Lipinski definition) is 1. The quantitative estimate of drug-likeness (QED) is 0.861. The number of ether oxygens (including phenoxy) is 1. The fraction of sp³-hybridized carbons (Fsp3) is 0.409. The number of benzene rings is 2. The molecule has 0 aliphatic carbocycles. The molecule has 2 aliphatic rings. The van der Waals surface area contributed by atoms with Gasteiger partial charge in [-0.15, -0.1) is 0 Å². The third kappa shape index (κ3) is 5.05. The van der Waals surface area contributed by atoms with Gasteiger partial charge in [-0.2, -0.15) is 0 Å². The summed E-state index contributed by atoms with van der Waals surface area (Å²) in [6.45, 7) is 5.76. The number of nitrogens with zero attached hydrogens (tertiary/aromatic N) is 3. The average molecular weight is 398 g/mol. The van der Waals surface area contributed by atoms with E-state index in [4.69, 9.17) is 4.74 Å². The van der Waals surface area contributed by atoms with Gasteiger partial charge in [-0.1, -0.05) is 30.3 Å². The van der Waals surface area contributed by atoms with Crippen molar-refractivity contribution in [3.05, 3.63) is 60.4 Å². The zero-order valence-electron chi connectivity index (χ0n) is 16.5. The second-order valence-corrected chi connectivity index (χ2v) is 7.47. The second-order valence-electron chi connectivity index (χ2n) is 7.47. The Morgan fingerprint density at radius 2 is 1.72 bits per heavy atom. The summed E-state index contributed by atoms with van der Waals surface area (Å²) in [5, 5.41) is 2.94. The first-order valence-corrected chi connectivity index (χ1v) is 10.1. The molecule has 2 saturated heterocycles. The van der Waals surface area contributed by atoms with E-state index in [0.717, 1.165) is 38.4 Å². The zero-order chi connectivity index (χ0) is 20.1. The molecular formula is C22H27FN4O2. The van der Waals surface area contributed by atoms with Crippen molar-refractivity contribution in [2.45, 2.75) is 6.10 Å². The molecule has 0 aromatic heterocycles. The van der Waals surface area contributed by atoms with Gasteiger partial charge < -0.3 is 19.9 Å². The van der Waals surface area contributed by atoms with Crippen molar-refractivity contribution in [3.8, 4) is 0 Å². The Kier molecular flexibility index (Phi) is 6.27. The van der Waals surface area contributed by atoms with Crippen LogP contribution in [-0.4, -0.2) is 74.4 Å². The van der Waals surface area contributed by atoms with Gasteiger partial charge in [0, 0.05) is 51.5 Å². The first-order valence-electron chi connectivity index (χ1n) is 10.1. The van der Waals surface area contributed by atoms with Gasteiger partial charge in [-0.25, -0.2) is 9.18 Å². The van der Waals surface area contributed by atoms with E-state index in [1.807, 2.05) is 47.4 Å². The van der Waals surface area contributed by atoms with Crippen molar-refractivity contribution in [1.82, 2.24) is 9.80 Å². The number of carbonyl (C=O) groups is 1. The number of anilines is 2. The number of piperazine rings is 1. The molecule has 2 heterocycles. The van der Waals surface area contributed by atoms with Crippen molar-refractivity contribution in [2.24, 2.45) is 0 Å². The topological polar surface area (TPSA) is 48.1 Å². The number of para-hydroxylation sites is 2. The molecule has 29 heavy (non-hydrogen) atoms. The van der Waals surface area contributed by atoms with Gasteiger partial charge >= 0.3 is 6.03 Å². The number of nitrogens with one attached hydrogen (secondary N) is 1. The highest BCUT2D eigenvalue weighted by molar-refractivity contribution is 5.89. The Bertz CT molecular complexity index is 811. The van der Waals surface area contributed by atoms with Crippen LogP contribution in [0.25, 0.3) is 0 Å². The number of morpholine rings is 1. The van der Waals surface area contributed by atoms with Crippen LogP contribution in [0.1, 0.15) is 0 Å². The van der Waals surface area contributed by atoms with E-state index in [1.165, 1.54) is 6.07 Å². The molecule has 0 bridgehead atoms. The summed E-state index contributed by atoms with van der Waals surface area (Å²) >= 11 is 0. The molecule has 1 N–H and O–H groups in total. The maximum Gasteiger partial charge on any atom is 0.322 e.